The summed E-state index contributed by atoms with van der Waals surface area (Å²) in [6, 6.07) is 8.15. The van der Waals surface area contributed by atoms with Crippen LogP contribution in [0.4, 0.5) is 10.1 Å². The molecule has 0 fully saturated rings. The highest BCUT2D eigenvalue weighted by atomic mass is 19.1. The van der Waals surface area contributed by atoms with Gasteiger partial charge in [0.2, 0.25) is 11.7 Å². The van der Waals surface area contributed by atoms with Crippen molar-refractivity contribution in [3.05, 3.63) is 47.8 Å². The van der Waals surface area contributed by atoms with Crippen LogP contribution in [0.15, 0.2) is 36.4 Å². The molecule has 2 rings (SSSR count). The van der Waals surface area contributed by atoms with E-state index in [4.69, 9.17) is 14.2 Å². The van der Waals surface area contributed by atoms with Crippen LogP contribution in [0.2, 0.25) is 0 Å². The minimum atomic E-state index is -0.481. The summed E-state index contributed by atoms with van der Waals surface area (Å²) < 4.78 is 28.5. The summed E-state index contributed by atoms with van der Waals surface area (Å²) in [4.78, 5) is 24.0. The maximum absolute atomic E-state index is 12.9. The number of anilines is 1. The summed E-state index contributed by atoms with van der Waals surface area (Å²) in [7, 11) is 4.40. The Labute approximate surface area is 150 Å². The zero-order chi connectivity index (χ0) is 19.1. The maximum atomic E-state index is 12.9. The van der Waals surface area contributed by atoms with Crippen molar-refractivity contribution in [3.8, 4) is 17.2 Å². The molecule has 0 radical (unpaired) electrons. The highest BCUT2D eigenvalue weighted by Gasteiger charge is 2.15. The normalized spacial score (nSPS) is 10.0. The molecule has 2 aromatic rings. The SMILES string of the molecule is COc1cc(NC(=O)CNC(=O)c2ccc(F)cc2)cc(OC)c1OC. The lowest BCUT2D eigenvalue weighted by Crippen LogP contribution is -2.32. The molecule has 0 heterocycles. The van der Waals surface area contributed by atoms with Crippen LogP contribution in [0.25, 0.3) is 0 Å². The molecule has 0 atom stereocenters. The Balaban J connectivity index is 2.01. The van der Waals surface area contributed by atoms with Gasteiger partial charge in [-0.15, -0.1) is 0 Å². The topological polar surface area (TPSA) is 85.9 Å². The van der Waals surface area contributed by atoms with Gasteiger partial charge in [0.25, 0.3) is 5.91 Å². The predicted molar refractivity (Wildman–Crippen MR) is 93.5 cm³/mol. The Morgan fingerprint density at radius 3 is 2.04 bits per heavy atom. The molecule has 0 aliphatic carbocycles. The number of halogens is 1. The first-order valence-electron chi connectivity index (χ1n) is 7.62. The third kappa shape index (κ3) is 4.62. The fourth-order valence-corrected chi connectivity index (χ4v) is 2.22. The molecule has 2 aromatic carbocycles. The number of carbonyl (C=O) groups excluding carboxylic acids is 2. The summed E-state index contributed by atoms with van der Waals surface area (Å²) in [6.45, 7) is -0.257. The Hall–Kier alpha value is -3.29. The number of amides is 2. The highest BCUT2D eigenvalue weighted by molar-refractivity contribution is 5.99. The minimum absolute atomic E-state index is 0.256. The quantitative estimate of drug-likeness (QED) is 0.789. The summed E-state index contributed by atoms with van der Waals surface area (Å²) in [5.41, 5.74) is 0.674. The van der Waals surface area contributed by atoms with Gasteiger partial charge in [-0.05, 0) is 24.3 Å². The first-order valence-corrected chi connectivity index (χ1v) is 7.62. The number of rotatable bonds is 7. The molecule has 2 amide bonds. The molecule has 0 saturated heterocycles. The second kappa shape index (κ2) is 8.70. The van der Waals surface area contributed by atoms with Crippen molar-refractivity contribution in [3.63, 3.8) is 0 Å². The van der Waals surface area contributed by atoms with Gasteiger partial charge in [-0.3, -0.25) is 9.59 Å². The molecule has 0 bridgehead atoms. The van der Waals surface area contributed by atoms with Crippen LogP contribution < -0.4 is 24.8 Å². The van der Waals surface area contributed by atoms with E-state index in [0.717, 1.165) is 0 Å². The van der Waals surface area contributed by atoms with Gasteiger partial charge in [-0.1, -0.05) is 0 Å². The largest absolute Gasteiger partial charge is 0.493 e. The van der Waals surface area contributed by atoms with Gasteiger partial charge in [-0.25, -0.2) is 4.39 Å². The van der Waals surface area contributed by atoms with Gasteiger partial charge in [-0.2, -0.15) is 0 Å². The maximum Gasteiger partial charge on any atom is 0.251 e. The van der Waals surface area contributed by atoms with E-state index < -0.39 is 17.6 Å². The molecule has 0 aliphatic rings. The number of hydrogen-bond acceptors (Lipinski definition) is 5. The standard InChI is InChI=1S/C18H19FN2O5/c1-24-14-8-13(9-15(25-2)17(14)26-3)21-16(22)10-20-18(23)11-4-6-12(19)7-5-11/h4-9H,10H2,1-3H3,(H,20,23)(H,21,22). The summed E-state index contributed by atoms with van der Waals surface area (Å²) >= 11 is 0. The molecular formula is C18H19FN2O5. The highest BCUT2D eigenvalue weighted by Crippen LogP contribution is 2.39. The molecule has 0 saturated carbocycles. The van der Waals surface area contributed by atoms with E-state index >= 15 is 0 Å². The molecule has 2 N–H and O–H groups in total. The van der Waals surface area contributed by atoms with Crippen molar-refractivity contribution in [1.29, 1.82) is 0 Å². The Morgan fingerprint density at radius 1 is 0.962 bits per heavy atom. The lowest BCUT2D eigenvalue weighted by atomic mass is 10.2. The van der Waals surface area contributed by atoms with Crippen LogP contribution in [0.1, 0.15) is 10.4 Å². The molecule has 7 nitrogen and oxygen atoms in total. The van der Waals surface area contributed by atoms with Gasteiger partial charge in [0.1, 0.15) is 5.82 Å². The summed E-state index contributed by atoms with van der Waals surface area (Å²) in [6.07, 6.45) is 0. The third-order valence-electron chi connectivity index (χ3n) is 3.46. The van der Waals surface area contributed by atoms with E-state index in [0.29, 0.717) is 22.9 Å². The van der Waals surface area contributed by atoms with E-state index in [-0.39, 0.29) is 12.1 Å². The van der Waals surface area contributed by atoms with Gasteiger partial charge in [0, 0.05) is 23.4 Å². The average molecular weight is 362 g/mol. The Bertz CT molecular complexity index is 768. The number of methoxy groups -OCH3 is 3. The van der Waals surface area contributed by atoms with Crippen molar-refractivity contribution < 1.29 is 28.2 Å². The number of nitrogens with one attached hydrogen (secondary N) is 2. The number of hydrogen-bond donors (Lipinski definition) is 2. The fraction of sp³-hybridized carbons (Fsp3) is 0.222. The number of benzene rings is 2. The van der Waals surface area contributed by atoms with Crippen molar-refractivity contribution in [2.24, 2.45) is 0 Å². The molecular weight excluding hydrogens is 343 g/mol. The van der Waals surface area contributed by atoms with Crippen molar-refractivity contribution in [2.45, 2.75) is 0 Å². The van der Waals surface area contributed by atoms with Crippen LogP contribution in [-0.4, -0.2) is 39.7 Å². The van der Waals surface area contributed by atoms with E-state index in [1.807, 2.05) is 0 Å². The lowest BCUT2D eigenvalue weighted by Gasteiger charge is -2.14. The van der Waals surface area contributed by atoms with Crippen LogP contribution >= 0.6 is 0 Å². The smallest absolute Gasteiger partial charge is 0.251 e. The van der Waals surface area contributed by atoms with Crippen LogP contribution in [0, 0.1) is 5.82 Å². The monoisotopic (exact) mass is 362 g/mol. The zero-order valence-electron chi connectivity index (χ0n) is 14.6. The zero-order valence-corrected chi connectivity index (χ0v) is 14.6. The van der Waals surface area contributed by atoms with Gasteiger partial charge < -0.3 is 24.8 Å². The van der Waals surface area contributed by atoms with Gasteiger partial charge in [0.15, 0.2) is 11.5 Å². The van der Waals surface area contributed by atoms with Gasteiger partial charge in [0.05, 0.1) is 27.9 Å². The first-order chi connectivity index (χ1) is 12.5. The molecule has 8 heteroatoms. The summed E-state index contributed by atoms with van der Waals surface area (Å²) in [5.74, 6) is -0.200. The second-order valence-corrected chi connectivity index (χ2v) is 5.15. The molecule has 0 aromatic heterocycles. The molecule has 138 valence electrons. The molecule has 0 aliphatic heterocycles. The molecule has 0 spiro atoms. The number of ether oxygens (including phenoxy) is 3. The van der Waals surface area contributed by atoms with Gasteiger partial charge >= 0.3 is 0 Å². The van der Waals surface area contributed by atoms with Crippen molar-refractivity contribution >= 4 is 17.5 Å². The van der Waals surface area contributed by atoms with Crippen molar-refractivity contribution in [2.75, 3.05) is 33.2 Å². The van der Waals surface area contributed by atoms with E-state index in [1.54, 1.807) is 12.1 Å². The van der Waals surface area contributed by atoms with Crippen LogP contribution in [0.3, 0.4) is 0 Å². The van der Waals surface area contributed by atoms with E-state index in [2.05, 4.69) is 10.6 Å². The van der Waals surface area contributed by atoms with Crippen LogP contribution in [-0.2, 0) is 4.79 Å². The summed E-state index contributed by atoms with van der Waals surface area (Å²) in [5, 5.41) is 5.09. The molecule has 0 unspecified atom stereocenters. The van der Waals surface area contributed by atoms with Crippen LogP contribution in [0.5, 0.6) is 17.2 Å². The first kappa shape index (κ1) is 19.0. The van der Waals surface area contributed by atoms with E-state index in [9.17, 15) is 14.0 Å². The molecule has 26 heavy (non-hydrogen) atoms. The number of carbonyl (C=O) groups is 2. The Morgan fingerprint density at radius 2 is 1.54 bits per heavy atom. The van der Waals surface area contributed by atoms with Crippen molar-refractivity contribution in [1.82, 2.24) is 5.32 Å². The lowest BCUT2D eigenvalue weighted by molar-refractivity contribution is -0.115. The average Bonchev–Trinajstić information content (AvgIpc) is 2.65. The second-order valence-electron chi connectivity index (χ2n) is 5.15. The van der Waals surface area contributed by atoms with E-state index in [1.165, 1.54) is 45.6 Å². The fourth-order valence-electron chi connectivity index (χ4n) is 2.22. The predicted octanol–water partition coefficient (Wildman–Crippen LogP) is 2.22. The Kier molecular flexibility index (Phi) is 6.37. The third-order valence-corrected chi connectivity index (χ3v) is 3.46. The minimum Gasteiger partial charge on any atom is -0.493 e.